The van der Waals surface area contributed by atoms with Crippen molar-refractivity contribution < 1.29 is 26.2 Å². The third kappa shape index (κ3) is 7.09. The first-order valence-corrected chi connectivity index (χ1v) is 20.4. The van der Waals surface area contributed by atoms with Gasteiger partial charge in [-0.2, -0.15) is 0 Å². The van der Waals surface area contributed by atoms with Crippen molar-refractivity contribution in [3.05, 3.63) is 174 Å². The molecule has 5 nitrogen and oxygen atoms in total. The molecule has 4 heterocycles. The molecule has 4 aromatic heterocycles. The first kappa shape index (κ1) is 40.7. The molecule has 10 rings (SSSR count). The van der Waals surface area contributed by atoms with Gasteiger partial charge in [-0.05, 0) is 76.7 Å². The Kier molecular flexibility index (Phi) is 10.5. The SMILES string of the molecule is Cc1cc[c-]c2c3ncc4ccccc4c3n3cccc3c12.Cc1ccc(-n2c(-c3cc(C(C)(C)C)cc(C(C)(C)C)c3O)nc3ccccc32)c(-c2ccccc2)c1.[Pt]. The molecule has 0 saturated carbocycles. The molecule has 6 aromatic carbocycles. The topological polar surface area (TPSA) is 55.4 Å². The van der Waals surface area contributed by atoms with E-state index in [0.29, 0.717) is 5.75 Å². The molecule has 302 valence electrons. The molecule has 0 fully saturated rings. The van der Waals surface area contributed by atoms with Crippen molar-refractivity contribution in [3.63, 3.8) is 0 Å². The molecule has 6 heteroatoms. The summed E-state index contributed by atoms with van der Waals surface area (Å²) in [4.78, 5) is 9.88. The van der Waals surface area contributed by atoms with E-state index in [0.717, 1.165) is 66.6 Å². The number of nitrogens with zero attached hydrogens (tertiary/aromatic N) is 4. The Morgan fingerprint density at radius 3 is 2.17 bits per heavy atom. The number of hydrogen-bond acceptors (Lipinski definition) is 3. The Morgan fingerprint density at radius 2 is 1.40 bits per heavy atom. The van der Waals surface area contributed by atoms with Crippen molar-refractivity contribution in [3.8, 4) is 34.0 Å². The van der Waals surface area contributed by atoms with Crippen molar-refractivity contribution in [2.75, 3.05) is 0 Å². The number of aromatic hydroxyl groups is 1. The van der Waals surface area contributed by atoms with Gasteiger partial charge in [0.25, 0.3) is 0 Å². The number of rotatable bonds is 3. The maximum absolute atomic E-state index is 11.7. The molecule has 0 aliphatic rings. The molecule has 0 radical (unpaired) electrons. The van der Waals surface area contributed by atoms with E-state index in [-0.39, 0.29) is 31.9 Å². The number of hydrogen-bond donors (Lipinski definition) is 1. The Morgan fingerprint density at radius 1 is 0.683 bits per heavy atom. The molecule has 0 saturated heterocycles. The molecule has 0 bridgehead atoms. The van der Waals surface area contributed by atoms with Crippen molar-refractivity contribution in [1.82, 2.24) is 18.9 Å². The molecule has 0 aliphatic heterocycles. The Balaban J connectivity index is 0.000000184. The molecule has 0 amide bonds. The quantitative estimate of drug-likeness (QED) is 0.142. The van der Waals surface area contributed by atoms with Crippen LogP contribution in [0.15, 0.2) is 146 Å². The predicted molar refractivity (Wildman–Crippen MR) is 247 cm³/mol. The minimum atomic E-state index is -0.226. The summed E-state index contributed by atoms with van der Waals surface area (Å²) in [5.41, 5.74) is 13.6. The van der Waals surface area contributed by atoms with Crippen LogP contribution < -0.4 is 0 Å². The van der Waals surface area contributed by atoms with Crippen LogP contribution >= 0.6 is 0 Å². The van der Waals surface area contributed by atoms with E-state index in [1.165, 1.54) is 33.0 Å². The van der Waals surface area contributed by atoms with Crippen LogP contribution in [0, 0.1) is 19.9 Å². The normalized spacial score (nSPS) is 11.9. The van der Waals surface area contributed by atoms with E-state index in [1.807, 2.05) is 36.5 Å². The number of aromatic nitrogens is 4. The van der Waals surface area contributed by atoms with Crippen molar-refractivity contribution >= 4 is 49.1 Å². The molecular weight excluding hydrogens is 916 g/mol. The number of pyridine rings is 2. The monoisotopic (exact) mass is 964 g/mol. The maximum atomic E-state index is 11.7. The average molecular weight is 965 g/mol. The second-order valence-corrected chi connectivity index (χ2v) is 17.8. The summed E-state index contributed by atoms with van der Waals surface area (Å²) in [7, 11) is 0. The molecule has 0 spiro atoms. The van der Waals surface area contributed by atoms with Gasteiger partial charge in [-0.25, -0.2) is 4.98 Å². The summed E-state index contributed by atoms with van der Waals surface area (Å²) in [6, 6.07) is 49.7. The van der Waals surface area contributed by atoms with E-state index in [2.05, 4.69) is 180 Å². The van der Waals surface area contributed by atoms with E-state index in [1.54, 1.807) is 0 Å². The molecule has 0 unspecified atom stereocenters. The summed E-state index contributed by atoms with van der Waals surface area (Å²) in [5, 5.41) is 16.5. The van der Waals surface area contributed by atoms with Gasteiger partial charge in [0, 0.05) is 66.5 Å². The minimum Gasteiger partial charge on any atom is -0.507 e. The predicted octanol–water partition coefficient (Wildman–Crippen LogP) is 13.9. The summed E-state index contributed by atoms with van der Waals surface area (Å²) in [6.45, 7) is 17.4. The average Bonchev–Trinajstić information content (AvgIpc) is 3.86. The van der Waals surface area contributed by atoms with Crippen molar-refractivity contribution in [2.45, 2.75) is 66.2 Å². The minimum absolute atomic E-state index is 0. The first-order chi connectivity index (χ1) is 28.3. The maximum Gasteiger partial charge on any atom is 0.149 e. The van der Waals surface area contributed by atoms with Gasteiger partial charge in [0.15, 0.2) is 0 Å². The Hall–Kier alpha value is -6.03. The van der Waals surface area contributed by atoms with Crippen LogP contribution in [-0.2, 0) is 31.9 Å². The van der Waals surface area contributed by atoms with Crippen molar-refractivity contribution in [1.29, 1.82) is 0 Å². The second-order valence-electron chi connectivity index (χ2n) is 17.8. The van der Waals surface area contributed by atoms with Crippen LogP contribution in [0.25, 0.3) is 77.3 Å². The van der Waals surface area contributed by atoms with Gasteiger partial charge < -0.3 is 14.5 Å². The number of benzene rings is 6. The van der Waals surface area contributed by atoms with Crippen LogP contribution in [0.4, 0.5) is 0 Å². The molecule has 1 N–H and O–H groups in total. The Bertz CT molecular complexity index is 3220. The fourth-order valence-electron chi connectivity index (χ4n) is 8.43. The van der Waals surface area contributed by atoms with Crippen LogP contribution in [0.3, 0.4) is 0 Å². The van der Waals surface area contributed by atoms with Gasteiger partial charge in [-0.3, -0.25) is 4.57 Å². The number of para-hydroxylation sites is 2. The number of fused-ring (bicyclic) bond motifs is 9. The number of imidazole rings is 1. The Labute approximate surface area is 366 Å². The van der Waals surface area contributed by atoms with E-state index < -0.39 is 0 Å². The van der Waals surface area contributed by atoms with Gasteiger partial charge in [0.2, 0.25) is 0 Å². The van der Waals surface area contributed by atoms with Gasteiger partial charge in [-0.1, -0.05) is 138 Å². The molecule has 60 heavy (non-hydrogen) atoms. The van der Waals surface area contributed by atoms with E-state index >= 15 is 0 Å². The molecule has 10 aromatic rings. The van der Waals surface area contributed by atoms with Gasteiger partial charge in [0.05, 0.1) is 22.3 Å². The molecule has 0 atom stereocenters. The fourth-order valence-corrected chi connectivity index (χ4v) is 8.43. The van der Waals surface area contributed by atoms with Gasteiger partial charge >= 0.3 is 0 Å². The second kappa shape index (κ2) is 15.5. The van der Waals surface area contributed by atoms with E-state index in [9.17, 15) is 5.11 Å². The zero-order valence-corrected chi connectivity index (χ0v) is 37.7. The third-order valence-corrected chi connectivity index (χ3v) is 11.5. The summed E-state index contributed by atoms with van der Waals surface area (Å²) in [5.74, 6) is 1.04. The fraction of sp³-hybridized carbons (Fsp3) is 0.185. The third-order valence-electron chi connectivity index (χ3n) is 11.5. The zero-order chi connectivity index (χ0) is 41.2. The largest absolute Gasteiger partial charge is 0.507 e. The molecule has 0 aliphatic carbocycles. The number of phenols is 1. The first-order valence-electron chi connectivity index (χ1n) is 20.4. The standard InChI is InChI=1S/C34H36N2O.C20H13N2.Pt/c1-22-17-18-29(25(19-22)23-13-9-8-10-14-23)36-30-16-12-11-15-28(30)35-32(36)26-20-24(33(2,3)4)21-27(31(26)37)34(5,6)7;1-13-6-4-9-16-18(13)17-10-5-11-22(17)20-15-8-3-2-7-14(15)12-21-19(16)20;/h8-21,37H,1-7H3;2-8,10-12H,1H3;/q;-1;. The zero-order valence-electron chi connectivity index (χ0n) is 35.4. The summed E-state index contributed by atoms with van der Waals surface area (Å²) >= 11 is 0. The van der Waals surface area contributed by atoms with Crippen LogP contribution in [-0.4, -0.2) is 24.0 Å². The summed E-state index contributed by atoms with van der Waals surface area (Å²) in [6.07, 6.45) is 4.08. The smallest absolute Gasteiger partial charge is 0.149 e. The number of phenolic OH excluding ortho intramolecular Hbond substituents is 1. The summed E-state index contributed by atoms with van der Waals surface area (Å²) < 4.78 is 4.47. The van der Waals surface area contributed by atoms with Crippen LogP contribution in [0.5, 0.6) is 5.75 Å². The van der Waals surface area contributed by atoms with Crippen LogP contribution in [0.1, 0.15) is 63.8 Å². The van der Waals surface area contributed by atoms with Crippen molar-refractivity contribution in [2.24, 2.45) is 0 Å². The van der Waals surface area contributed by atoms with E-state index in [4.69, 9.17) is 9.97 Å². The van der Waals surface area contributed by atoms with Crippen LogP contribution in [0.2, 0.25) is 0 Å². The number of aryl methyl sites for hydroxylation is 2. The van der Waals surface area contributed by atoms with Gasteiger partial charge in [0.1, 0.15) is 11.6 Å². The molecular formula is C54H49N4OPt-. The van der Waals surface area contributed by atoms with Gasteiger partial charge in [-0.15, -0.1) is 29.1 Å².